The van der Waals surface area contributed by atoms with Crippen molar-refractivity contribution in [1.29, 1.82) is 0 Å². The molecule has 0 amide bonds. The van der Waals surface area contributed by atoms with Crippen molar-refractivity contribution in [2.45, 2.75) is 44.7 Å². The van der Waals surface area contributed by atoms with Gasteiger partial charge in [-0.2, -0.15) is 0 Å². The first-order valence-corrected chi connectivity index (χ1v) is 9.60. The average Bonchev–Trinajstić information content (AvgIpc) is 2.91. The van der Waals surface area contributed by atoms with E-state index in [1.54, 1.807) is 13.8 Å². The molecule has 24 heavy (non-hydrogen) atoms. The lowest BCUT2D eigenvalue weighted by molar-refractivity contribution is 0.192. The quantitative estimate of drug-likeness (QED) is 0.894. The van der Waals surface area contributed by atoms with Gasteiger partial charge in [0.2, 0.25) is 10.0 Å². The Kier molecular flexibility index (Phi) is 4.76. The van der Waals surface area contributed by atoms with Crippen molar-refractivity contribution in [2.75, 3.05) is 13.1 Å². The molecule has 0 saturated carbocycles. The zero-order valence-electron chi connectivity index (χ0n) is 14.2. The molecular formula is C17H23N3O3S. The van der Waals surface area contributed by atoms with Gasteiger partial charge in [-0.3, -0.25) is 4.90 Å². The standard InChI is InChI=1S/C17H23N3O3S/c1-12(20-9-8-15-6-4-5-7-16(15)11-20)10-18-24(21,22)17-13(2)19-23-14(17)3/h4-7,12,18H,8-11H2,1-3H3/t12-/m0/s1. The van der Waals surface area contributed by atoms with Crippen LogP contribution in [0.4, 0.5) is 0 Å². The fraction of sp³-hybridized carbons (Fsp3) is 0.471. The molecule has 1 atom stereocenters. The second-order valence-corrected chi connectivity index (χ2v) is 8.05. The van der Waals surface area contributed by atoms with Gasteiger partial charge >= 0.3 is 0 Å². The molecule has 0 spiro atoms. The highest BCUT2D eigenvalue weighted by molar-refractivity contribution is 7.89. The van der Waals surface area contributed by atoms with E-state index in [1.165, 1.54) is 11.1 Å². The maximum Gasteiger partial charge on any atom is 0.246 e. The summed E-state index contributed by atoms with van der Waals surface area (Å²) < 4.78 is 32.6. The highest BCUT2D eigenvalue weighted by Crippen LogP contribution is 2.21. The van der Waals surface area contributed by atoms with Crippen molar-refractivity contribution in [3.63, 3.8) is 0 Å². The third kappa shape index (κ3) is 3.38. The van der Waals surface area contributed by atoms with E-state index in [-0.39, 0.29) is 10.9 Å². The number of nitrogens with one attached hydrogen (secondary N) is 1. The predicted molar refractivity (Wildman–Crippen MR) is 91.2 cm³/mol. The van der Waals surface area contributed by atoms with Crippen molar-refractivity contribution in [3.8, 4) is 0 Å². The first-order chi connectivity index (χ1) is 11.4. The van der Waals surface area contributed by atoms with E-state index in [0.717, 1.165) is 19.5 Å². The second-order valence-electron chi connectivity index (χ2n) is 6.34. The molecule has 7 heteroatoms. The van der Waals surface area contributed by atoms with E-state index in [4.69, 9.17) is 4.52 Å². The van der Waals surface area contributed by atoms with Crippen LogP contribution in [0.5, 0.6) is 0 Å². The molecule has 3 rings (SSSR count). The Labute approximate surface area is 142 Å². The summed E-state index contributed by atoms with van der Waals surface area (Å²) in [6, 6.07) is 8.52. The maximum atomic E-state index is 12.5. The van der Waals surface area contributed by atoms with Gasteiger partial charge in [-0.1, -0.05) is 29.4 Å². The molecule has 2 aromatic rings. The predicted octanol–water partition coefficient (Wildman–Crippen LogP) is 2.02. The van der Waals surface area contributed by atoms with Crippen LogP contribution >= 0.6 is 0 Å². The van der Waals surface area contributed by atoms with E-state index in [1.807, 2.05) is 13.0 Å². The number of sulfonamides is 1. The number of fused-ring (bicyclic) bond motifs is 1. The van der Waals surface area contributed by atoms with Gasteiger partial charge in [0.15, 0.2) is 5.76 Å². The number of aromatic nitrogens is 1. The molecule has 0 bridgehead atoms. The lowest BCUT2D eigenvalue weighted by atomic mass is 9.99. The zero-order valence-corrected chi connectivity index (χ0v) is 15.1. The van der Waals surface area contributed by atoms with Crippen LogP contribution in [-0.2, 0) is 23.0 Å². The van der Waals surface area contributed by atoms with Crippen LogP contribution in [0.1, 0.15) is 29.5 Å². The minimum atomic E-state index is -3.61. The van der Waals surface area contributed by atoms with E-state index >= 15 is 0 Å². The molecule has 2 heterocycles. The van der Waals surface area contributed by atoms with Gasteiger partial charge in [0.1, 0.15) is 10.6 Å². The molecule has 1 aromatic heterocycles. The van der Waals surface area contributed by atoms with Gasteiger partial charge in [-0.15, -0.1) is 0 Å². The summed E-state index contributed by atoms with van der Waals surface area (Å²) in [4.78, 5) is 2.46. The first kappa shape index (κ1) is 17.1. The third-order valence-electron chi connectivity index (χ3n) is 4.59. The molecule has 0 radical (unpaired) electrons. The summed E-state index contributed by atoms with van der Waals surface area (Å²) in [6.07, 6.45) is 0.997. The Bertz CT molecular complexity index is 810. The van der Waals surface area contributed by atoms with Crippen molar-refractivity contribution < 1.29 is 12.9 Å². The van der Waals surface area contributed by atoms with Gasteiger partial charge in [-0.05, 0) is 38.3 Å². The van der Waals surface area contributed by atoms with Crippen LogP contribution in [0.25, 0.3) is 0 Å². The van der Waals surface area contributed by atoms with Crippen LogP contribution < -0.4 is 4.72 Å². The Hall–Kier alpha value is -1.70. The Balaban J connectivity index is 1.65. The molecule has 6 nitrogen and oxygen atoms in total. The number of rotatable bonds is 5. The van der Waals surface area contributed by atoms with E-state index in [0.29, 0.717) is 18.0 Å². The minimum Gasteiger partial charge on any atom is -0.360 e. The van der Waals surface area contributed by atoms with Crippen molar-refractivity contribution in [3.05, 3.63) is 46.8 Å². The highest BCUT2D eigenvalue weighted by atomic mass is 32.2. The molecule has 1 aliphatic heterocycles. The van der Waals surface area contributed by atoms with Crippen molar-refractivity contribution in [1.82, 2.24) is 14.8 Å². The summed E-state index contributed by atoms with van der Waals surface area (Å²) in [5.74, 6) is 0.319. The van der Waals surface area contributed by atoms with Crippen LogP contribution in [0.3, 0.4) is 0 Å². The summed E-state index contributed by atoms with van der Waals surface area (Å²) in [5.41, 5.74) is 3.10. The average molecular weight is 349 g/mol. The summed E-state index contributed by atoms with van der Waals surface area (Å²) in [6.45, 7) is 7.43. The first-order valence-electron chi connectivity index (χ1n) is 8.12. The monoisotopic (exact) mass is 349 g/mol. The van der Waals surface area contributed by atoms with Crippen LogP contribution in [0.2, 0.25) is 0 Å². The van der Waals surface area contributed by atoms with Crippen LogP contribution in [0.15, 0.2) is 33.7 Å². The normalized spacial score (nSPS) is 16.8. The van der Waals surface area contributed by atoms with Crippen molar-refractivity contribution >= 4 is 10.0 Å². The summed E-state index contributed by atoms with van der Waals surface area (Å²) >= 11 is 0. The lowest BCUT2D eigenvalue weighted by Gasteiger charge is -2.33. The smallest absolute Gasteiger partial charge is 0.246 e. The largest absolute Gasteiger partial charge is 0.360 e. The fourth-order valence-corrected chi connectivity index (χ4v) is 4.63. The topological polar surface area (TPSA) is 75.4 Å². The number of nitrogens with zero attached hydrogens (tertiary/aromatic N) is 2. The van der Waals surface area contributed by atoms with Gasteiger partial charge in [0, 0.05) is 25.7 Å². The van der Waals surface area contributed by atoms with Crippen molar-refractivity contribution in [2.24, 2.45) is 0 Å². The summed E-state index contributed by atoms with van der Waals surface area (Å²) in [7, 11) is -3.61. The van der Waals surface area contributed by atoms with Gasteiger partial charge < -0.3 is 4.52 Å². The third-order valence-corrected chi connectivity index (χ3v) is 6.26. The van der Waals surface area contributed by atoms with E-state index < -0.39 is 10.0 Å². The Morgan fingerprint density at radius 3 is 2.67 bits per heavy atom. The molecule has 0 unspecified atom stereocenters. The van der Waals surface area contributed by atoms with E-state index in [2.05, 4.69) is 33.0 Å². The molecule has 0 fully saturated rings. The molecule has 1 aromatic carbocycles. The van der Waals surface area contributed by atoms with Gasteiger partial charge in [0.05, 0.1) is 0 Å². The maximum absolute atomic E-state index is 12.5. The summed E-state index contributed by atoms with van der Waals surface area (Å²) in [5, 5.41) is 3.72. The molecular weight excluding hydrogens is 326 g/mol. The second kappa shape index (κ2) is 6.66. The van der Waals surface area contributed by atoms with Gasteiger partial charge in [0.25, 0.3) is 0 Å². The Morgan fingerprint density at radius 1 is 1.29 bits per heavy atom. The van der Waals surface area contributed by atoms with Gasteiger partial charge in [-0.25, -0.2) is 13.1 Å². The van der Waals surface area contributed by atoms with Crippen LogP contribution in [0, 0.1) is 13.8 Å². The zero-order chi connectivity index (χ0) is 17.3. The minimum absolute atomic E-state index is 0.105. The molecule has 1 aliphatic rings. The molecule has 0 saturated heterocycles. The number of aryl methyl sites for hydroxylation is 2. The molecule has 1 N–H and O–H groups in total. The van der Waals surface area contributed by atoms with Crippen LogP contribution in [-0.4, -0.2) is 37.6 Å². The number of hydrogen-bond donors (Lipinski definition) is 1. The lowest BCUT2D eigenvalue weighted by Crippen LogP contribution is -2.44. The highest BCUT2D eigenvalue weighted by Gasteiger charge is 2.26. The number of hydrogen-bond acceptors (Lipinski definition) is 5. The molecule has 0 aliphatic carbocycles. The van der Waals surface area contributed by atoms with E-state index in [9.17, 15) is 8.42 Å². The molecule has 130 valence electrons. The Morgan fingerprint density at radius 2 is 2.00 bits per heavy atom. The SMILES string of the molecule is Cc1noc(C)c1S(=O)(=O)NC[C@H](C)N1CCc2ccccc2C1. The fourth-order valence-electron chi connectivity index (χ4n) is 3.18. The number of benzene rings is 1.